The lowest BCUT2D eigenvalue weighted by Crippen LogP contribution is -2.15. The van der Waals surface area contributed by atoms with Gasteiger partial charge in [-0.1, -0.05) is 12.1 Å². The van der Waals surface area contributed by atoms with Crippen LogP contribution in [0.4, 0.5) is 0 Å². The highest BCUT2D eigenvalue weighted by Gasteiger charge is 2.04. The summed E-state index contributed by atoms with van der Waals surface area (Å²) in [4.78, 5) is 0. The molecular formula is C7H13N3O2. The highest BCUT2D eigenvalue weighted by molar-refractivity contribution is 4.88. The minimum atomic E-state index is -0.391. The average molecular weight is 171 g/mol. The smallest absolute Gasteiger partial charge is 0.108 e. The molecule has 0 aromatic carbocycles. The van der Waals surface area contributed by atoms with E-state index in [1.807, 2.05) is 6.92 Å². The fraction of sp³-hybridized carbons (Fsp3) is 0.714. The molecule has 1 atom stereocenters. The van der Waals surface area contributed by atoms with Gasteiger partial charge in [0.25, 0.3) is 0 Å². The van der Waals surface area contributed by atoms with Gasteiger partial charge in [-0.2, -0.15) is 0 Å². The molecule has 0 saturated carbocycles. The maximum Gasteiger partial charge on any atom is 0.108 e. The van der Waals surface area contributed by atoms with E-state index in [-0.39, 0.29) is 6.61 Å². The SMILES string of the molecule is CC[C@@H](O)Cn1cc(CO)nn1. The fourth-order valence-electron chi connectivity index (χ4n) is 0.845. The molecule has 1 aromatic rings. The van der Waals surface area contributed by atoms with Gasteiger partial charge in [0.2, 0.25) is 0 Å². The summed E-state index contributed by atoms with van der Waals surface area (Å²) in [5.74, 6) is 0. The Labute approximate surface area is 70.6 Å². The fourth-order valence-corrected chi connectivity index (χ4v) is 0.845. The molecule has 0 bridgehead atoms. The molecule has 0 aliphatic rings. The van der Waals surface area contributed by atoms with Crippen molar-refractivity contribution in [3.8, 4) is 0 Å². The lowest BCUT2D eigenvalue weighted by atomic mass is 10.3. The van der Waals surface area contributed by atoms with Crippen molar-refractivity contribution in [2.45, 2.75) is 32.6 Å². The summed E-state index contributed by atoms with van der Waals surface area (Å²) < 4.78 is 1.53. The quantitative estimate of drug-likeness (QED) is 0.643. The first-order chi connectivity index (χ1) is 5.76. The van der Waals surface area contributed by atoms with Gasteiger partial charge in [0.1, 0.15) is 5.69 Å². The van der Waals surface area contributed by atoms with Gasteiger partial charge in [0.05, 0.1) is 25.5 Å². The molecule has 1 heterocycles. The van der Waals surface area contributed by atoms with Gasteiger partial charge in [-0.05, 0) is 6.42 Å². The molecular weight excluding hydrogens is 158 g/mol. The molecule has 12 heavy (non-hydrogen) atoms. The van der Waals surface area contributed by atoms with E-state index >= 15 is 0 Å². The highest BCUT2D eigenvalue weighted by Crippen LogP contribution is 1.97. The molecule has 0 saturated heterocycles. The summed E-state index contributed by atoms with van der Waals surface area (Å²) in [6.07, 6.45) is 1.92. The zero-order valence-corrected chi connectivity index (χ0v) is 7.01. The van der Waals surface area contributed by atoms with Crippen LogP contribution in [0.15, 0.2) is 6.20 Å². The number of hydrogen-bond donors (Lipinski definition) is 2. The third kappa shape index (κ3) is 2.28. The number of aliphatic hydroxyl groups is 2. The van der Waals surface area contributed by atoms with Crippen LogP contribution in [-0.4, -0.2) is 31.3 Å². The van der Waals surface area contributed by atoms with Crippen molar-refractivity contribution in [1.82, 2.24) is 15.0 Å². The minimum absolute atomic E-state index is 0.109. The summed E-state index contributed by atoms with van der Waals surface area (Å²) in [5.41, 5.74) is 0.526. The Morgan fingerprint density at radius 2 is 2.42 bits per heavy atom. The Hall–Kier alpha value is -0.940. The van der Waals surface area contributed by atoms with Crippen LogP contribution in [0.1, 0.15) is 19.0 Å². The Bertz CT molecular complexity index is 236. The molecule has 0 aliphatic heterocycles. The Balaban J connectivity index is 2.52. The van der Waals surface area contributed by atoms with Crippen molar-refractivity contribution in [3.63, 3.8) is 0 Å². The van der Waals surface area contributed by atoms with Crippen LogP contribution < -0.4 is 0 Å². The average Bonchev–Trinajstić information content (AvgIpc) is 2.52. The van der Waals surface area contributed by atoms with Crippen LogP contribution in [0.25, 0.3) is 0 Å². The molecule has 0 fully saturated rings. The van der Waals surface area contributed by atoms with E-state index in [1.54, 1.807) is 6.20 Å². The molecule has 0 unspecified atom stereocenters. The molecule has 0 radical (unpaired) electrons. The van der Waals surface area contributed by atoms with Crippen LogP contribution >= 0.6 is 0 Å². The second kappa shape index (κ2) is 4.18. The minimum Gasteiger partial charge on any atom is -0.391 e. The number of nitrogens with zero attached hydrogens (tertiary/aromatic N) is 3. The van der Waals surface area contributed by atoms with Crippen LogP contribution in [0.2, 0.25) is 0 Å². The van der Waals surface area contributed by atoms with E-state index in [9.17, 15) is 5.11 Å². The second-order valence-corrected chi connectivity index (χ2v) is 2.65. The maximum atomic E-state index is 9.24. The van der Waals surface area contributed by atoms with Gasteiger partial charge in [-0.15, -0.1) is 5.10 Å². The molecule has 68 valence electrons. The lowest BCUT2D eigenvalue weighted by Gasteiger charge is -2.05. The second-order valence-electron chi connectivity index (χ2n) is 2.65. The predicted octanol–water partition coefficient (Wildman–Crippen LogP) is -0.459. The van der Waals surface area contributed by atoms with Crippen LogP contribution in [0.3, 0.4) is 0 Å². The van der Waals surface area contributed by atoms with Crippen molar-refractivity contribution < 1.29 is 10.2 Å². The van der Waals surface area contributed by atoms with Gasteiger partial charge in [0.15, 0.2) is 0 Å². The van der Waals surface area contributed by atoms with Crippen molar-refractivity contribution in [2.75, 3.05) is 0 Å². The monoisotopic (exact) mass is 171 g/mol. The van der Waals surface area contributed by atoms with Gasteiger partial charge in [-0.25, -0.2) is 4.68 Å². The molecule has 5 nitrogen and oxygen atoms in total. The molecule has 0 amide bonds. The van der Waals surface area contributed by atoms with Crippen LogP contribution in [0, 0.1) is 0 Å². The van der Waals surface area contributed by atoms with Gasteiger partial charge in [0, 0.05) is 0 Å². The van der Waals surface area contributed by atoms with Crippen LogP contribution in [0.5, 0.6) is 0 Å². The number of rotatable bonds is 4. The predicted molar refractivity (Wildman–Crippen MR) is 42.2 cm³/mol. The maximum absolute atomic E-state index is 9.24. The highest BCUT2D eigenvalue weighted by atomic mass is 16.3. The molecule has 2 N–H and O–H groups in total. The first kappa shape index (κ1) is 9.15. The van der Waals surface area contributed by atoms with Crippen LogP contribution in [-0.2, 0) is 13.2 Å². The molecule has 0 spiro atoms. The summed E-state index contributed by atoms with van der Waals surface area (Å²) in [6, 6.07) is 0. The zero-order valence-electron chi connectivity index (χ0n) is 7.01. The number of aromatic nitrogens is 3. The zero-order chi connectivity index (χ0) is 8.97. The number of hydrogen-bond acceptors (Lipinski definition) is 4. The summed E-state index contributed by atoms with van der Waals surface area (Å²) in [5, 5.41) is 25.3. The van der Waals surface area contributed by atoms with Crippen molar-refractivity contribution in [1.29, 1.82) is 0 Å². The molecule has 5 heteroatoms. The molecule has 1 rings (SSSR count). The first-order valence-electron chi connectivity index (χ1n) is 3.94. The van der Waals surface area contributed by atoms with Gasteiger partial charge >= 0.3 is 0 Å². The van der Waals surface area contributed by atoms with E-state index in [0.717, 1.165) is 0 Å². The van der Waals surface area contributed by atoms with Crippen molar-refractivity contribution in [2.24, 2.45) is 0 Å². The normalized spacial score (nSPS) is 13.2. The molecule has 1 aromatic heterocycles. The Morgan fingerprint density at radius 1 is 1.67 bits per heavy atom. The lowest BCUT2D eigenvalue weighted by molar-refractivity contribution is 0.144. The summed E-state index contributed by atoms with van der Waals surface area (Å²) in [7, 11) is 0. The van der Waals surface area contributed by atoms with Gasteiger partial charge in [-0.3, -0.25) is 0 Å². The van der Waals surface area contributed by atoms with Crippen molar-refractivity contribution in [3.05, 3.63) is 11.9 Å². The number of aliphatic hydroxyl groups excluding tert-OH is 2. The largest absolute Gasteiger partial charge is 0.391 e. The third-order valence-electron chi connectivity index (χ3n) is 1.62. The Kier molecular flexibility index (Phi) is 3.19. The third-order valence-corrected chi connectivity index (χ3v) is 1.62. The standard InChI is InChI=1S/C7H13N3O2/c1-2-7(12)4-10-3-6(5-11)8-9-10/h3,7,11-12H,2,4-5H2,1H3/t7-/m1/s1. The summed E-state index contributed by atoms with van der Waals surface area (Å²) >= 11 is 0. The van der Waals surface area contributed by atoms with E-state index in [2.05, 4.69) is 10.3 Å². The topological polar surface area (TPSA) is 71.2 Å². The van der Waals surface area contributed by atoms with E-state index in [1.165, 1.54) is 4.68 Å². The Morgan fingerprint density at radius 3 is 2.92 bits per heavy atom. The first-order valence-corrected chi connectivity index (χ1v) is 3.94. The van der Waals surface area contributed by atoms with E-state index in [0.29, 0.717) is 18.7 Å². The van der Waals surface area contributed by atoms with Gasteiger partial charge < -0.3 is 10.2 Å². The molecule has 0 aliphatic carbocycles. The van der Waals surface area contributed by atoms with E-state index < -0.39 is 6.10 Å². The van der Waals surface area contributed by atoms with Crippen molar-refractivity contribution >= 4 is 0 Å². The van der Waals surface area contributed by atoms with E-state index in [4.69, 9.17) is 5.11 Å². The summed E-state index contributed by atoms with van der Waals surface area (Å²) in [6.45, 7) is 2.22.